The molecule has 51 heavy (non-hydrogen) atoms. The van der Waals surface area contributed by atoms with Crippen LogP contribution in [0.25, 0.3) is 11.1 Å². The molecule has 1 amide bonds. The minimum atomic E-state index is -0.574. The highest BCUT2D eigenvalue weighted by Crippen LogP contribution is 2.40. The molecule has 0 radical (unpaired) electrons. The van der Waals surface area contributed by atoms with Crippen LogP contribution in [-0.2, 0) is 35.6 Å². The minimum absolute atomic E-state index is 0.00186. The zero-order chi connectivity index (χ0) is 35.2. The van der Waals surface area contributed by atoms with Gasteiger partial charge >= 0.3 is 0 Å². The van der Waals surface area contributed by atoms with Gasteiger partial charge in [0.15, 0.2) is 17.8 Å². The maximum atomic E-state index is 12.6. The molecule has 0 saturated carbocycles. The van der Waals surface area contributed by atoms with Crippen molar-refractivity contribution >= 4 is 5.91 Å². The predicted molar refractivity (Wildman–Crippen MR) is 194 cm³/mol. The number of hydrogen-bond donors (Lipinski definition) is 2. The number of fused-ring (bicyclic) bond motifs is 1. The Kier molecular flexibility index (Phi) is 10.7. The normalized spacial score (nSPS) is 18.8. The number of benzene rings is 4. The summed E-state index contributed by atoms with van der Waals surface area (Å²) in [5, 5.41) is 12.6. The van der Waals surface area contributed by atoms with Crippen LogP contribution in [0.4, 0.5) is 0 Å². The van der Waals surface area contributed by atoms with Crippen LogP contribution in [0, 0.1) is 0 Å². The van der Waals surface area contributed by atoms with Crippen molar-refractivity contribution in [2.24, 2.45) is 0 Å². The van der Waals surface area contributed by atoms with Gasteiger partial charge in [-0.05, 0) is 81.8 Å². The molecule has 0 aliphatic carbocycles. The van der Waals surface area contributed by atoms with Gasteiger partial charge in [-0.25, -0.2) is 0 Å². The van der Waals surface area contributed by atoms with E-state index in [4.69, 9.17) is 18.9 Å². The standard InChI is InChI=1S/C42H43N3O6/c1-48-39-20-33-15-17-45(25-36(33)21-40(39)49-2)26-37-22-38(30-13-11-28(27-46)12-14-30)51-42(50-37)34-9-4-8-32(19-34)31-7-3-6-29(18-31)23-44-41(47)35-10-5-16-43-24-35/h3-14,16,18-21,24,37-38,42,46H,15,17,22-23,25-27H2,1-2H3,(H,44,47)/t37-,38+,42+/m1/s1. The average Bonchev–Trinajstić information content (AvgIpc) is 3.19. The van der Waals surface area contributed by atoms with Crippen LogP contribution >= 0.6 is 0 Å². The molecule has 2 N–H and O–H groups in total. The number of aliphatic hydroxyl groups excluding tert-OH is 1. The maximum absolute atomic E-state index is 12.6. The molecule has 1 fully saturated rings. The Morgan fingerprint density at radius 2 is 1.63 bits per heavy atom. The Hall–Kier alpha value is -5.06. The number of ether oxygens (including phenoxy) is 4. The number of carbonyl (C=O) groups excluding carboxylic acids is 1. The van der Waals surface area contributed by atoms with Crippen LogP contribution in [0.1, 0.15) is 62.6 Å². The Morgan fingerprint density at radius 3 is 2.37 bits per heavy atom. The predicted octanol–water partition coefficient (Wildman–Crippen LogP) is 6.79. The third kappa shape index (κ3) is 8.13. The average molecular weight is 686 g/mol. The van der Waals surface area contributed by atoms with Gasteiger partial charge in [-0.2, -0.15) is 0 Å². The summed E-state index contributed by atoms with van der Waals surface area (Å²) in [4.78, 5) is 19.1. The van der Waals surface area contributed by atoms with E-state index in [1.807, 2.05) is 42.5 Å². The van der Waals surface area contributed by atoms with E-state index in [2.05, 4.69) is 57.7 Å². The molecular formula is C42H43N3O6. The van der Waals surface area contributed by atoms with E-state index in [0.717, 1.165) is 70.9 Å². The molecule has 7 rings (SSSR count). The van der Waals surface area contributed by atoms with Gasteiger partial charge in [-0.1, -0.05) is 60.7 Å². The van der Waals surface area contributed by atoms with E-state index in [1.165, 1.54) is 11.1 Å². The lowest BCUT2D eigenvalue weighted by Crippen LogP contribution is -2.41. The Bertz CT molecular complexity index is 1950. The number of nitrogens with one attached hydrogen (secondary N) is 1. The van der Waals surface area contributed by atoms with Crippen LogP contribution in [-0.4, -0.2) is 54.3 Å². The first-order chi connectivity index (χ1) is 25.0. The van der Waals surface area contributed by atoms with Crippen LogP contribution < -0.4 is 14.8 Å². The zero-order valence-electron chi connectivity index (χ0n) is 29.0. The van der Waals surface area contributed by atoms with Crippen molar-refractivity contribution in [1.82, 2.24) is 15.2 Å². The number of aliphatic hydroxyl groups is 1. The van der Waals surface area contributed by atoms with E-state index in [0.29, 0.717) is 18.5 Å². The maximum Gasteiger partial charge on any atom is 0.253 e. The monoisotopic (exact) mass is 685 g/mol. The molecule has 2 aliphatic rings. The first-order valence-corrected chi connectivity index (χ1v) is 17.3. The van der Waals surface area contributed by atoms with E-state index >= 15 is 0 Å². The van der Waals surface area contributed by atoms with Gasteiger partial charge in [0.25, 0.3) is 5.91 Å². The number of amides is 1. The van der Waals surface area contributed by atoms with E-state index in [1.54, 1.807) is 38.7 Å². The molecule has 1 aromatic heterocycles. The van der Waals surface area contributed by atoms with Crippen molar-refractivity contribution in [3.05, 3.63) is 148 Å². The quantitative estimate of drug-likeness (QED) is 0.157. The third-order valence-electron chi connectivity index (χ3n) is 9.67. The van der Waals surface area contributed by atoms with Crippen molar-refractivity contribution in [3.63, 3.8) is 0 Å². The second-order valence-electron chi connectivity index (χ2n) is 13.1. The van der Waals surface area contributed by atoms with Crippen LogP contribution in [0.2, 0.25) is 0 Å². The van der Waals surface area contributed by atoms with Crippen molar-refractivity contribution < 1.29 is 28.8 Å². The van der Waals surface area contributed by atoms with Gasteiger partial charge in [0.2, 0.25) is 0 Å². The summed E-state index contributed by atoms with van der Waals surface area (Å²) < 4.78 is 24.6. The fraction of sp³-hybridized carbons (Fsp3) is 0.286. The number of rotatable bonds is 11. The minimum Gasteiger partial charge on any atom is -0.493 e. The lowest BCUT2D eigenvalue weighted by Gasteiger charge is -2.39. The first-order valence-electron chi connectivity index (χ1n) is 17.3. The van der Waals surface area contributed by atoms with Gasteiger partial charge in [0.05, 0.1) is 38.6 Å². The zero-order valence-corrected chi connectivity index (χ0v) is 29.0. The van der Waals surface area contributed by atoms with Crippen LogP contribution in [0.5, 0.6) is 11.5 Å². The molecule has 262 valence electrons. The second kappa shape index (κ2) is 15.9. The molecule has 9 nitrogen and oxygen atoms in total. The highest BCUT2D eigenvalue weighted by atomic mass is 16.7. The Balaban J connectivity index is 1.10. The molecule has 0 unspecified atom stereocenters. The number of hydrogen-bond acceptors (Lipinski definition) is 8. The van der Waals surface area contributed by atoms with Gasteiger partial charge in [0, 0.05) is 50.6 Å². The smallest absolute Gasteiger partial charge is 0.253 e. The number of aromatic nitrogens is 1. The lowest BCUT2D eigenvalue weighted by molar-refractivity contribution is -0.253. The number of pyridine rings is 1. The van der Waals surface area contributed by atoms with Gasteiger partial charge in [-0.3, -0.25) is 14.7 Å². The van der Waals surface area contributed by atoms with E-state index in [9.17, 15) is 9.90 Å². The number of methoxy groups -OCH3 is 2. The molecule has 0 bridgehead atoms. The topological polar surface area (TPSA) is 102 Å². The summed E-state index contributed by atoms with van der Waals surface area (Å²) in [6.45, 7) is 2.86. The van der Waals surface area contributed by atoms with E-state index < -0.39 is 6.29 Å². The molecule has 0 spiro atoms. The summed E-state index contributed by atoms with van der Waals surface area (Å²) in [6.07, 6.45) is 4.00. The summed E-state index contributed by atoms with van der Waals surface area (Å²) in [5.41, 5.74) is 8.97. The van der Waals surface area contributed by atoms with Gasteiger partial charge in [0.1, 0.15) is 0 Å². The van der Waals surface area contributed by atoms with Gasteiger partial charge in [-0.15, -0.1) is 0 Å². The highest BCUT2D eigenvalue weighted by molar-refractivity contribution is 5.93. The summed E-state index contributed by atoms with van der Waals surface area (Å²) in [6, 6.07) is 32.2. The Labute approximate surface area is 298 Å². The van der Waals surface area contributed by atoms with Crippen LogP contribution in [0.3, 0.4) is 0 Å². The fourth-order valence-electron chi connectivity index (χ4n) is 6.93. The molecule has 1 saturated heterocycles. The molecule has 2 aliphatic heterocycles. The molecule has 4 aromatic carbocycles. The fourth-order valence-corrected chi connectivity index (χ4v) is 6.93. The summed E-state index contributed by atoms with van der Waals surface area (Å²) in [5.74, 6) is 1.34. The van der Waals surface area contributed by atoms with Crippen molar-refractivity contribution in [2.75, 3.05) is 27.3 Å². The highest BCUT2D eigenvalue weighted by Gasteiger charge is 2.34. The third-order valence-corrected chi connectivity index (χ3v) is 9.67. The van der Waals surface area contributed by atoms with Crippen molar-refractivity contribution in [1.29, 1.82) is 0 Å². The number of nitrogens with zero attached hydrogens (tertiary/aromatic N) is 2. The molecular weight excluding hydrogens is 642 g/mol. The molecule has 3 atom stereocenters. The largest absolute Gasteiger partial charge is 0.493 e. The van der Waals surface area contributed by atoms with Crippen molar-refractivity contribution in [3.8, 4) is 22.6 Å². The molecule has 9 heteroatoms. The molecule has 3 heterocycles. The van der Waals surface area contributed by atoms with Gasteiger partial charge < -0.3 is 29.4 Å². The molecule has 5 aromatic rings. The summed E-state index contributed by atoms with van der Waals surface area (Å²) in [7, 11) is 3.34. The lowest BCUT2D eigenvalue weighted by atomic mass is 9.96. The SMILES string of the molecule is COc1cc2c(cc1OC)CN(C[C@H]1C[C@@H](c3ccc(CO)cc3)O[C@@H](c3cccc(-c4cccc(CNC(=O)c5cccnc5)c4)c3)O1)CC2. The second-order valence-corrected chi connectivity index (χ2v) is 13.1. The summed E-state index contributed by atoms with van der Waals surface area (Å²) >= 11 is 0. The van der Waals surface area contributed by atoms with Crippen molar-refractivity contribution in [2.45, 2.75) is 51.0 Å². The Morgan fingerprint density at radius 1 is 0.863 bits per heavy atom. The number of carbonyl (C=O) groups is 1. The van der Waals surface area contributed by atoms with E-state index in [-0.39, 0.29) is 24.7 Å². The van der Waals surface area contributed by atoms with Crippen LogP contribution in [0.15, 0.2) is 109 Å². The first kappa shape index (κ1) is 34.4.